The maximum absolute atomic E-state index is 12.8. The molecule has 0 radical (unpaired) electrons. The first-order valence-corrected chi connectivity index (χ1v) is 10.7. The Kier molecular flexibility index (Phi) is 4.97. The van der Waals surface area contributed by atoms with Gasteiger partial charge in [-0.05, 0) is 6.92 Å². The molecule has 3 heterocycles. The predicted octanol–water partition coefficient (Wildman–Crippen LogP) is 4.02. The van der Waals surface area contributed by atoms with Crippen molar-refractivity contribution in [1.82, 2.24) is 24.7 Å². The minimum absolute atomic E-state index is 0.182. The van der Waals surface area contributed by atoms with E-state index in [-0.39, 0.29) is 11.0 Å². The van der Waals surface area contributed by atoms with Crippen LogP contribution >= 0.6 is 11.3 Å². The van der Waals surface area contributed by atoms with Crippen LogP contribution in [0.15, 0.2) is 35.1 Å². The number of anilines is 1. The lowest BCUT2D eigenvalue weighted by molar-refractivity contribution is 0.557. The van der Waals surface area contributed by atoms with Crippen LogP contribution in [0.2, 0.25) is 0 Å². The van der Waals surface area contributed by atoms with Gasteiger partial charge in [0.2, 0.25) is 5.95 Å². The van der Waals surface area contributed by atoms with Gasteiger partial charge in [0.1, 0.15) is 10.5 Å². The minimum Gasteiger partial charge on any atom is -0.340 e. The van der Waals surface area contributed by atoms with Gasteiger partial charge in [-0.2, -0.15) is 5.10 Å². The SMILES string of the molecule is Cc1nc(-c2ccccc2)sc1CN(C)c1nc2c(C(C)(C)C)nn(C)c2c(=O)[nH]1. The van der Waals surface area contributed by atoms with Crippen LogP contribution in [0, 0.1) is 6.92 Å². The van der Waals surface area contributed by atoms with Gasteiger partial charge in [-0.15, -0.1) is 11.3 Å². The molecule has 0 aliphatic rings. The summed E-state index contributed by atoms with van der Waals surface area (Å²) in [4.78, 5) is 28.3. The van der Waals surface area contributed by atoms with Gasteiger partial charge in [0, 0.05) is 30.0 Å². The number of aromatic amines is 1. The molecule has 4 rings (SSSR count). The van der Waals surface area contributed by atoms with Crippen molar-refractivity contribution in [2.45, 2.75) is 39.7 Å². The zero-order valence-corrected chi connectivity index (χ0v) is 19.0. The summed E-state index contributed by atoms with van der Waals surface area (Å²) < 4.78 is 1.62. The third kappa shape index (κ3) is 3.63. The molecule has 7 nitrogen and oxygen atoms in total. The van der Waals surface area contributed by atoms with Gasteiger partial charge in [0.15, 0.2) is 5.52 Å². The van der Waals surface area contributed by atoms with Crippen molar-refractivity contribution in [3.63, 3.8) is 0 Å². The Hall–Kier alpha value is -3.00. The molecule has 1 N–H and O–H groups in total. The molecule has 0 aliphatic carbocycles. The van der Waals surface area contributed by atoms with Crippen LogP contribution < -0.4 is 10.5 Å². The smallest absolute Gasteiger partial charge is 0.278 e. The molecule has 0 aliphatic heterocycles. The summed E-state index contributed by atoms with van der Waals surface area (Å²) in [7, 11) is 3.71. The van der Waals surface area contributed by atoms with Gasteiger partial charge in [0.05, 0.1) is 17.9 Å². The molecule has 0 spiro atoms. The van der Waals surface area contributed by atoms with E-state index in [4.69, 9.17) is 9.97 Å². The van der Waals surface area contributed by atoms with Crippen LogP contribution in [0.4, 0.5) is 5.95 Å². The Morgan fingerprint density at radius 1 is 1.17 bits per heavy atom. The monoisotopic (exact) mass is 422 g/mol. The Balaban J connectivity index is 1.70. The van der Waals surface area contributed by atoms with Gasteiger partial charge >= 0.3 is 0 Å². The number of H-pyrrole nitrogens is 1. The van der Waals surface area contributed by atoms with Crippen molar-refractivity contribution in [3.8, 4) is 10.6 Å². The highest BCUT2D eigenvalue weighted by molar-refractivity contribution is 7.15. The fourth-order valence-corrected chi connectivity index (χ4v) is 4.54. The Morgan fingerprint density at radius 3 is 2.53 bits per heavy atom. The molecule has 0 saturated heterocycles. The molecule has 0 unspecified atom stereocenters. The van der Waals surface area contributed by atoms with Crippen molar-refractivity contribution >= 4 is 28.3 Å². The first kappa shape index (κ1) is 20.3. The average molecular weight is 423 g/mol. The van der Waals surface area contributed by atoms with E-state index in [0.717, 1.165) is 26.8 Å². The number of aryl methyl sites for hydroxylation is 2. The van der Waals surface area contributed by atoms with Crippen LogP contribution in [-0.2, 0) is 19.0 Å². The Bertz CT molecular complexity index is 1260. The van der Waals surface area contributed by atoms with Gasteiger partial charge in [0.25, 0.3) is 5.56 Å². The standard InChI is InChI=1S/C22H26N6OS/c1-13-15(30-20(23-13)14-10-8-7-9-11-14)12-27(5)21-24-16-17(19(29)25-21)28(6)26-18(16)22(2,3)4/h7-11H,12H2,1-6H3,(H,24,25,29). The molecule has 1 aromatic carbocycles. The van der Waals surface area contributed by atoms with Crippen molar-refractivity contribution in [2.75, 3.05) is 11.9 Å². The minimum atomic E-state index is -0.213. The second kappa shape index (κ2) is 7.36. The highest BCUT2D eigenvalue weighted by Gasteiger charge is 2.25. The second-order valence-electron chi connectivity index (χ2n) is 8.56. The fraction of sp³-hybridized carbons (Fsp3) is 0.364. The molecule has 4 aromatic rings. The molecule has 0 saturated carbocycles. The fourth-order valence-electron chi connectivity index (χ4n) is 3.42. The summed E-state index contributed by atoms with van der Waals surface area (Å²) in [5, 5.41) is 5.56. The van der Waals surface area contributed by atoms with E-state index < -0.39 is 0 Å². The number of aromatic nitrogens is 5. The van der Waals surface area contributed by atoms with Gasteiger partial charge in [-0.3, -0.25) is 14.5 Å². The Morgan fingerprint density at radius 2 is 1.87 bits per heavy atom. The van der Waals surface area contributed by atoms with E-state index in [1.807, 2.05) is 37.1 Å². The first-order chi connectivity index (χ1) is 14.1. The van der Waals surface area contributed by atoms with Crippen molar-refractivity contribution < 1.29 is 0 Å². The molecule has 3 aromatic heterocycles. The number of thiazole rings is 1. The maximum atomic E-state index is 12.8. The summed E-state index contributed by atoms with van der Waals surface area (Å²) in [5.41, 5.74) is 3.68. The Labute approximate surface area is 179 Å². The maximum Gasteiger partial charge on any atom is 0.278 e. The lowest BCUT2D eigenvalue weighted by Gasteiger charge is -2.18. The molecule has 8 heteroatoms. The van der Waals surface area contributed by atoms with E-state index in [0.29, 0.717) is 23.5 Å². The van der Waals surface area contributed by atoms with Crippen LogP contribution in [0.5, 0.6) is 0 Å². The summed E-state index contributed by atoms with van der Waals surface area (Å²) in [5.74, 6) is 0.528. The molecular weight excluding hydrogens is 396 g/mol. The molecular formula is C22H26N6OS. The number of benzene rings is 1. The highest BCUT2D eigenvalue weighted by atomic mass is 32.1. The summed E-state index contributed by atoms with van der Waals surface area (Å²) in [6.07, 6.45) is 0. The van der Waals surface area contributed by atoms with E-state index in [1.165, 1.54) is 0 Å². The molecule has 30 heavy (non-hydrogen) atoms. The third-order valence-electron chi connectivity index (χ3n) is 5.05. The van der Waals surface area contributed by atoms with E-state index in [2.05, 4.69) is 43.0 Å². The van der Waals surface area contributed by atoms with E-state index in [1.54, 1.807) is 23.1 Å². The number of nitrogens with zero attached hydrogens (tertiary/aromatic N) is 5. The van der Waals surface area contributed by atoms with Crippen LogP contribution in [-0.4, -0.2) is 31.8 Å². The molecule has 0 fully saturated rings. The topological polar surface area (TPSA) is 79.7 Å². The van der Waals surface area contributed by atoms with E-state index >= 15 is 0 Å². The lowest BCUT2D eigenvalue weighted by atomic mass is 9.91. The number of nitrogens with one attached hydrogen (secondary N) is 1. The zero-order valence-electron chi connectivity index (χ0n) is 18.1. The van der Waals surface area contributed by atoms with Crippen molar-refractivity contribution in [1.29, 1.82) is 0 Å². The average Bonchev–Trinajstić information content (AvgIpc) is 3.23. The number of hydrogen-bond donors (Lipinski definition) is 1. The van der Waals surface area contributed by atoms with Crippen LogP contribution in [0.25, 0.3) is 21.6 Å². The van der Waals surface area contributed by atoms with Crippen molar-refractivity contribution in [2.24, 2.45) is 7.05 Å². The third-order valence-corrected chi connectivity index (χ3v) is 6.24. The largest absolute Gasteiger partial charge is 0.340 e. The van der Waals surface area contributed by atoms with Gasteiger partial charge < -0.3 is 4.90 Å². The quantitative estimate of drug-likeness (QED) is 0.537. The zero-order chi connectivity index (χ0) is 21.6. The molecule has 0 amide bonds. The lowest BCUT2D eigenvalue weighted by Crippen LogP contribution is -2.23. The van der Waals surface area contributed by atoms with Crippen LogP contribution in [0.3, 0.4) is 0 Å². The number of rotatable bonds is 4. The van der Waals surface area contributed by atoms with Gasteiger partial charge in [-0.1, -0.05) is 51.1 Å². The van der Waals surface area contributed by atoms with E-state index in [9.17, 15) is 4.79 Å². The summed E-state index contributed by atoms with van der Waals surface area (Å²) in [6.45, 7) is 8.85. The van der Waals surface area contributed by atoms with Crippen LogP contribution in [0.1, 0.15) is 37.0 Å². The summed E-state index contributed by atoms with van der Waals surface area (Å²) in [6, 6.07) is 10.2. The number of hydrogen-bond acceptors (Lipinski definition) is 6. The highest BCUT2D eigenvalue weighted by Crippen LogP contribution is 2.30. The molecule has 156 valence electrons. The molecule has 0 atom stereocenters. The summed E-state index contributed by atoms with van der Waals surface area (Å²) >= 11 is 1.67. The second-order valence-corrected chi connectivity index (χ2v) is 9.64. The molecule has 0 bridgehead atoms. The predicted molar refractivity (Wildman–Crippen MR) is 122 cm³/mol. The van der Waals surface area contributed by atoms with Gasteiger partial charge in [-0.25, -0.2) is 9.97 Å². The first-order valence-electron chi connectivity index (χ1n) is 9.85. The normalized spacial score (nSPS) is 11.9. The number of fused-ring (bicyclic) bond motifs is 1. The van der Waals surface area contributed by atoms with Crippen molar-refractivity contribution in [3.05, 3.63) is 57.0 Å².